The van der Waals surface area contributed by atoms with Gasteiger partial charge in [0.05, 0.1) is 0 Å². The van der Waals surface area contributed by atoms with E-state index in [9.17, 15) is 4.79 Å². The van der Waals surface area contributed by atoms with E-state index in [0.717, 1.165) is 16.5 Å². The van der Waals surface area contributed by atoms with Crippen molar-refractivity contribution < 1.29 is 9.90 Å². The first-order valence-corrected chi connectivity index (χ1v) is 6.02. The number of hydrogen-bond acceptors (Lipinski definition) is 5. The molecule has 1 atom stereocenters. The average molecular weight is 278 g/mol. The molecule has 0 saturated carbocycles. The molecule has 1 aromatic rings. The Hall–Kier alpha value is -0.850. The highest BCUT2D eigenvalue weighted by molar-refractivity contribution is 7.99. The Labute approximate surface area is 111 Å². The molecule has 1 aromatic heterocycles. The molecule has 7 heteroatoms. The van der Waals surface area contributed by atoms with E-state index in [2.05, 4.69) is 15.3 Å². The molecule has 0 saturated heterocycles. The van der Waals surface area contributed by atoms with E-state index in [4.69, 9.17) is 5.11 Å². The molecule has 1 unspecified atom stereocenters. The van der Waals surface area contributed by atoms with Crippen LogP contribution in [0.4, 0.5) is 0 Å². The van der Waals surface area contributed by atoms with Crippen LogP contribution >= 0.6 is 24.2 Å². The van der Waals surface area contributed by atoms with Crippen molar-refractivity contribution in [3.05, 3.63) is 18.0 Å². The largest absolute Gasteiger partial charge is 0.480 e. The maximum absolute atomic E-state index is 10.6. The number of halogens is 1. The fourth-order valence-corrected chi connectivity index (χ4v) is 1.51. The zero-order valence-corrected chi connectivity index (χ0v) is 11.3. The number of thioether (sulfide) groups is 1. The Morgan fingerprint density at radius 2 is 2.12 bits per heavy atom. The molecule has 1 heterocycles. The maximum atomic E-state index is 10.6. The predicted molar refractivity (Wildman–Crippen MR) is 69.6 cm³/mol. The fourth-order valence-electron chi connectivity index (χ4n) is 0.996. The zero-order valence-electron chi connectivity index (χ0n) is 9.71. The number of nitrogens with zero attached hydrogens (tertiary/aromatic N) is 2. The molecule has 0 bridgehead atoms. The lowest BCUT2D eigenvalue weighted by molar-refractivity contribution is -0.139. The van der Waals surface area contributed by atoms with Crippen LogP contribution in [0.5, 0.6) is 0 Å². The van der Waals surface area contributed by atoms with E-state index in [-0.39, 0.29) is 12.4 Å². The molecule has 0 fully saturated rings. The van der Waals surface area contributed by atoms with E-state index >= 15 is 0 Å². The smallest absolute Gasteiger partial charge is 0.320 e. The van der Waals surface area contributed by atoms with E-state index in [1.807, 2.05) is 6.92 Å². The van der Waals surface area contributed by atoms with Crippen LogP contribution in [0.1, 0.15) is 19.4 Å². The Kier molecular flexibility index (Phi) is 7.86. The fraction of sp³-hybridized carbons (Fsp3) is 0.500. The summed E-state index contributed by atoms with van der Waals surface area (Å²) >= 11 is 1.58. The van der Waals surface area contributed by atoms with Crippen molar-refractivity contribution in [2.75, 3.05) is 5.75 Å². The van der Waals surface area contributed by atoms with Gasteiger partial charge in [0, 0.05) is 24.5 Å². The highest BCUT2D eigenvalue weighted by atomic mass is 35.5. The van der Waals surface area contributed by atoms with Gasteiger partial charge in [0.25, 0.3) is 0 Å². The number of carboxylic acids is 1. The third-order valence-corrected chi connectivity index (χ3v) is 2.70. The molecule has 0 spiro atoms. The number of aromatic nitrogens is 2. The van der Waals surface area contributed by atoms with Crippen molar-refractivity contribution in [2.24, 2.45) is 0 Å². The van der Waals surface area contributed by atoms with Crippen LogP contribution in [-0.4, -0.2) is 32.8 Å². The molecule has 0 aromatic carbocycles. The standard InChI is InChI=1S/C10H15N3O2S.ClH/c1-3-16-10-12-5-8(6-13-10)4-11-7(2)9(14)15;/h5-7,11H,3-4H2,1-2H3,(H,14,15);1H. The SMILES string of the molecule is CCSc1ncc(CNC(C)C(=O)O)cn1.Cl. The third kappa shape index (κ3) is 5.86. The second-order valence-electron chi connectivity index (χ2n) is 3.25. The van der Waals surface area contributed by atoms with Gasteiger partial charge in [0.15, 0.2) is 5.16 Å². The number of aliphatic carboxylic acids is 1. The number of nitrogens with one attached hydrogen (secondary N) is 1. The average Bonchev–Trinajstić information content (AvgIpc) is 2.28. The summed E-state index contributed by atoms with van der Waals surface area (Å²) in [6, 6.07) is -0.565. The minimum absolute atomic E-state index is 0. The monoisotopic (exact) mass is 277 g/mol. The summed E-state index contributed by atoms with van der Waals surface area (Å²) in [5.74, 6) is 0.0762. The first-order chi connectivity index (χ1) is 7.63. The van der Waals surface area contributed by atoms with Gasteiger partial charge in [-0.15, -0.1) is 12.4 Å². The lowest BCUT2D eigenvalue weighted by Crippen LogP contribution is -2.33. The zero-order chi connectivity index (χ0) is 12.0. The van der Waals surface area contributed by atoms with Gasteiger partial charge in [-0.25, -0.2) is 9.97 Å². The maximum Gasteiger partial charge on any atom is 0.320 e. The second-order valence-corrected chi connectivity index (χ2v) is 4.48. The van der Waals surface area contributed by atoms with Crippen LogP contribution in [-0.2, 0) is 11.3 Å². The van der Waals surface area contributed by atoms with Crippen molar-refractivity contribution >= 4 is 30.1 Å². The predicted octanol–water partition coefficient (Wildman–Crippen LogP) is 1.57. The molecule has 0 aliphatic carbocycles. The van der Waals surface area contributed by atoms with Crippen molar-refractivity contribution in [2.45, 2.75) is 31.6 Å². The quantitative estimate of drug-likeness (QED) is 0.607. The highest BCUT2D eigenvalue weighted by Crippen LogP contribution is 2.10. The van der Waals surface area contributed by atoms with E-state index < -0.39 is 12.0 Å². The van der Waals surface area contributed by atoms with Gasteiger partial charge >= 0.3 is 5.97 Å². The second kappa shape index (κ2) is 8.27. The van der Waals surface area contributed by atoms with Crippen LogP contribution in [0, 0.1) is 0 Å². The van der Waals surface area contributed by atoms with Gasteiger partial charge in [0.1, 0.15) is 6.04 Å². The molecular formula is C10H16ClN3O2S. The summed E-state index contributed by atoms with van der Waals surface area (Å²) < 4.78 is 0. The van der Waals surface area contributed by atoms with Crippen LogP contribution in [0.3, 0.4) is 0 Å². The van der Waals surface area contributed by atoms with Crippen molar-refractivity contribution in [3.8, 4) is 0 Å². The van der Waals surface area contributed by atoms with Gasteiger partial charge in [-0.3, -0.25) is 4.79 Å². The van der Waals surface area contributed by atoms with Crippen LogP contribution < -0.4 is 5.32 Å². The minimum atomic E-state index is -0.862. The van der Waals surface area contributed by atoms with Crippen LogP contribution in [0.15, 0.2) is 17.6 Å². The first kappa shape index (κ1) is 16.1. The lowest BCUT2D eigenvalue weighted by atomic mass is 10.3. The molecule has 0 radical (unpaired) electrons. The number of hydrogen-bond donors (Lipinski definition) is 2. The van der Waals surface area contributed by atoms with E-state index in [1.54, 1.807) is 31.1 Å². The number of carboxylic acid groups (broad SMARTS) is 1. The Morgan fingerprint density at radius 3 is 2.59 bits per heavy atom. The molecule has 0 aliphatic heterocycles. The first-order valence-electron chi connectivity index (χ1n) is 5.03. The molecule has 1 rings (SSSR count). The third-order valence-electron chi connectivity index (χ3n) is 1.94. The van der Waals surface area contributed by atoms with Crippen LogP contribution in [0.25, 0.3) is 0 Å². The molecule has 0 amide bonds. The highest BCUT2D eigenvalue weighted by Gasteiger charge is 2.09. The summed E-state index contributed by atoms with van der Waals surface area (Å²) in [6.45, 7) is 4.10. The van der Waals surface area contributed by atoms with Gasteiger partial charge in [0.2, 0.25) is 0 Å². The van der Waals surface area contributed by atoms with E-state index in [1.165, 1.54) is 0 Å². The number of rotatable bonds is 6. The Balaban J connectivity index is 0.00000256. The van der Waals surface area contributed by atoms with Crippen molar-refractivity contribution in [3.63, 3.8) is 0 Å². The lowest BCUT2D eigenvalue weighted by Gasteiger charge is -2.08. The summed E-state index contributed by atoms with van der Waals surface area (Å²) in [4.78, 5) is 18.9. The summed E-state index contributed by atoms with van der Waals surface area (Å²) in [6.07, 6.45) is 3.43. The molecule has 96 valence electrons. The van der Waals surface area contributed by atoms with Crippen molar-refractivity contribution in [1.82, 2.24) is 15.3 Å². The Bertz CT molecular complexity index is 348. The van der Waals surface area contributed by atoms with E-state index in [0.29, 0.717) is 6.54 Å². The summed E-state index contributed by atoms with van der Waals surface area (Å²) in [7, 11) is 0. The molecular weight excluding hydrogens is 262 g/mol. The normalized spacial score (nSPS) is 11.6. The van der Waals surface area contributed by atoms with Gasteiger partial charge in [-0.05, 0) is 12.7 Å². The summed E-state index contributed by atoms with van der Waals surface area (Å²) in [5.41, 5.74) is 0.883. The minimum Gasteiger partial charge on any atom is -0.480 e. The van der Waals surface area contributed by atoms with Gasteiger partial charge in [-0.2, -0.15) is 0 Å². The molecule has 17 heavy (non-hydrogen) atoms. The molecule has 2 N–H and O–H groups in total. The van der Waals surface area contributed by atoms with Gasteiger partial charge in [-0.1, -0.05) is 18.7 Å². The molecule has 0 aliphatic rings. The topological polar surface area (TPSA) is 75.1 Å². The van der Waals surface area contributed by atoms with Crippen LogP contribution in [0.2, 0.25) is 0 Å². The summed E-state index contributed by atoms with van der Waals surface area (Å²) in [5, 5.41) is 12.3. The Morgan fingerprint density at radius 1 is 1.53 bits per heavy atom. The van der Waals surface area contributed by atoms with Gasteiger partial charge < -0.3 is 10.4 Å². The molecule has 5 nitrogen and oxygen atoms in total. The van der Waals surface area contributed by atoms with Crippen molar-refractivity contribution in [1.29, 1.82) is 0 Å². The number of carbonyl (C=O) groups is 1.